The number of amides is 1. The molecule has 0 bridgehead atoms. The summed E-state index contributed by atoms with van der Waals surface area (Å²) < 4.78 is 2.04. The lowest BCUT2D eigenvalue weighted by molar-refractivity contribution is -0.121. The Kier molecular flexibility index (Phi) is 5.64. The second-order valence-electron chi connectivity index (χ2n) is 6.28. The third-order valence-electron chi connectivity index (χ3n) is 4.53. The molecule has 5 heteroatoms. The minimum absolute atomic E-state index is 0.126. The molecule has 0 radical (unpaired) electrons. The van der Waals surface area contributed by atoms with Crippen LogP contribution < -0.4 is 5.32 Å². The van der Waals surface area contributed by atoms with Crippen molar-refractivity contribution >= 4 is 16.9 Å². The fourth-order valence-corrected chi connectivity index (χ4v) is 3.21. The summed E-state index contributed by atoms with van der Waals surface area (Å²) in [5, 5.41) is 3.03. The zero-order valence-electron chi connectivity index (χ0n) is 13.7. The van der Waals surface area contributed by atoms with Crippen LogP contribution in [0.5, 0.6) is 0 Å². The van der Waals surface area contributed by atoms with Crippen molar-refractivity contribution in [2.24, 2.45) is 0 Å². The van der Waals surface area contributed by atoms with Crippen molar-refractivity contribution in [3.8, 4) is 0 Å². The summed E-state index contributed by atoms with van der Waals surface area (Å²) in [5.41, 5.74) is 2.07. The van der Waals surface area contributed by atoms with Gasteiger partial charge in [0.1, 0.15) is 0 Å². The highest BCUT2D eigenvalue weighted by Gasteiger charge is 2.09. The highest BCUT2D eigenvalue weighted by molar-refractivity contribution is 5.77. The summed E-state index contributed by atoms with van der Waals surface area (Å²) in [7, 11) is 0. The molecule has 1 saturated heterocycles. The van der Waals surface area contributed by atoms with E-state index in [1.54, 1.807) is 0 Å². The summed E-state index contributed by atoms with van der Waals surface area (Å²) in [4.78, 5) is 18.8. The Balaban J connectivity index is 1.35. The van der Waals surface area contributed by atoms with Gasteiger partial charge in [0, 0.05) is 19.5 Å². The second-order valence-corrected chi connectivity index (χ2v) is 6.28. The van der Waals surface area contributed by atoms with Crippen LogP contribution in [0.15, 0.2) is 30.6 Å². The number of piperidine rings is 1. The third kappa shape index (κ3) is 4.55. The SMILES string of the molecule is O=C(CCn1cnc2ccccc21)NCCCN1CCCCC1. The third-order valence-corrected chi connectivity index (χ3v) is 4.53. The Morgan fingerprint density at radius 2 is 1.96 bits per heavy atom. The quantitative estimate of drug-likeness (QED) is 0.799. The molecular weight excluding hydrogens is 288 g/mol. The maximum absolute atomic E-state index is 12.0. The van der Waals surface area contributed by atoms with Crippen LogP contribution in [0.1, 0.15) is 32.1 Å². The number of aromatic nitrogens is 2. The molecule has 1 aliphatic heterocycles. The predicted octanol–water partition coefficient (Wildman–Crippen LogP) is 2.42. The number of benzene rings is 1. The molecule has 0 spiro atoms. The van der Waals surface area contributed by atoms with Crippen LogP contribution in [0.3, 0.4) is 0 Å². The molecule has 5 nitrogen and oxygen atoms in total. The number of para-hydroxylation sites is 2. The maximum Gasteiger partial charge on any atom is 0.221 e. The minimum Gasteiger partial charge on any atom is -0.356 e. The number of hydrogen-bond donors (Lipinski definition) is 1. The molecule has 0 atom stereocenters. The fourth-order valence-electron chi connectivity index (χ4n) is 3.21. The Morgan fingerprint density at radius 3 is 2.83 bits per heavy atom. The first-order valence-electron chi connectivity index (χ1n) is 8.72. The summed E-state index contributed by atoms with van der Waals surface area (Å²) >= 11 is 0. The van der Waals surface area contributed by atoms with Crippen molar-refractivity contribution < 1.29 is 4.79 Å². The van der Waals surface area contributed by atoms with Gasteiger partial charge in [0.05, 0.1) is 17.4 Å². The van der Waals surface area contributed by atoms with Crippen molar-refractivity contribution in [1.29, 1.82) is 0 Å². The van der Waals surface area contributed by atoms with Crippen LogP contribution in [-0.2, 0) is 11.3 Å². The molecule has 1 amide bonds. The molecule has 1 aromatic heterocycles. The number of nitrogens with zero attached hydrogens (tertiary/aromatic N) is 3. The fraction of sp³-hybridized carbons (Fsp3) is 0.556. The van der Waals surface area contributed by atoms with Gasteiger partial charge in [-0.25, -0.2) is 4.98 Å². The van der Waals surface area contributed by atoms with E-state index in [1.807, 2.05) is 35.2 Å². The molecule has 0 saturated carbocycles. The van der Waals surface area contributed by atoms with Crippen LogP contribution in [0.25, 0.3) is 11.0 Å². The molecule has 0 unspecified atom stereocenters. The maximum atomic E-state index is 12.0. The van der Waals surface area contributed by atoms with Gasteiger partial charge < -0.3 is 14.8 Å². The molecule has 2 aromatic rings. The number of fused-ring (bicyclic) bond motifs is 1. The molecule has 1 aliphatic rings. The van der Waals surface area contributed by atoms with Gasteiger partial charge in [0.2, 0.25) is 5.91 Å². The highest BCUT2D eigenvalue weighted by atomic mass is 16.1. The number of aryl methyl sites for hydroxylation is 1. The molecule has 1 fully saturated rings. The van der Waals surface area contributed by atoms with Crippen LogP contribution in [0.2, 0.25) is 0 Å². The average Bonchev–Trinajstić information content (AvgIpc) is 3.01. The van der Waals surface area contributed by atoms with E-state index in [4.69, 9.17) is 0 Å². The van der Waals surface area contributed by atoms with Gasteiger partial charge in [0.15, 0.2) is 0 Å². The van der Waals surface area contributed by atoms with E-state index in [2.05, 4.69) is 15.2 Å². The zero-order chi connectivity index (χ0) is 15.9. The van der Waals surface area contributed by atoms with Crippen molar-refractivity contribution in [2.75, 3.05) is 26.2 Å². The molecule has 0 aliphatic carbocycles. The lowest BCUT2D eigenvalue weighted by atomic mass is 10.1. The highest BCUT2D eigenvalue weighted by Crippen LogP contribution is 2.12. The predicted molar refractivity (Wildman–Crippen MR) is 92.3 cm³/mol. The van der Waals surface area contributed by atoms with E-state index in [-0.39, 0.29) is 5.91 Å². The molecule has 1 aromatic carbocycles. The topological polar surface area (TPSA) is 50.2 Å². The van der Waals surface area contributed by atoms with Gasteiger partial charge in [-0.05, 0) is 51.0 Å². The Labute approximate surface area is 137 Å². The number of hydrogen-bond acceptors (Lipinski definition) is 3. The van der Waals surface area contributed by atoms with Gasteiger partial charge in [-0.2, -0.15) is 0 Å². The summed E-state index contributed by atoms with van der Waals surface area (Å²) in [5.74, 6) is 0.126. The lowest BCUT2D eigenvalue weighted by Crippen LogP contribution is -2.33. The first-order chi connectivity index (χ1) is 11.3. The molecule has 2 heterocycles. The minimum atomic E-state index is 0.126. The number of rotatable bonds is 7. The molecule has 124 valence electrons. The number of carbonyl (C=O) groups is 1. The van der Waals surface area contributed by atoms with Crippen molar-refractivity contribution in [1.82, 2.24) is 19.8 Å². The Morgan fingerprint density at radius 1 is 1.13 bits per heavy atom. The molecule has 23 heavy (non-hydrogen) atoms. The van der Waals surface area contributed by atoms with Gasteiger partial charge in [-0.1, -0.05) is 18.6 Å². The van der Waals surface area contributed by atoms with Crippen molar-refractivity contribution in [3.63, 3.8) is 0 Å². The number of imidazole rings is 1. The normalized spacial score (nSPS) is 15.8. The van der Waals surface area contributed by atoms with Crippen LogP contribution >= 0.6 is 0 Å². The standard InChI is InChI=1S/C18H26N4O/c23-18(19-10-6-13-21-11-4-1-5-12-21)9-14-22-15-20-16-7-2-3-8-17(16)22/h2-3,7-8,15H,1,4-6,9-14H2,(H,19,23). The first-order valence-corrected chi connectivity index (χ1v) is 8.72. The first kappa shape index (κ1) is 16.0. The summed E-state index contributed by atoms with van der Waals surface area (Å²) in [6, 6.07) is 8.02. The zero-order valence-corrected chi connectivity index (χ0v) is 13.7. The Hall–Kier alpha value is -1.88. The van der Waals surface area contributed by atoms with Crippen LogP contribution in [-0.4, -0.2) is 46.5 Å². The summed E-state index contributed by atoms with van der Waals surface area (Å²) in [6.07, 6.45) is 7.38. The molecular formula is C18H26N4O. The Bertz CT molecular complexity index is 631. The lowest BCUT2D eigenvalue weighted by Gasteiger charge is -2.26. The smallest absolute Gasteiger partial charge is 0.221 e. The second kappa shape index (κ2) is 8.11. The van der Waals surface area contributed by atoms with E-state index in [9.17, 15) is 4.79 Å². The number of nitrogens with one attached hydrogen (secondary N) is 1. The van der Waals surface area contributed by atoms with Gasteiger partial charge in [0.25, 0.3) is 0 Å². The van der Waals surface area contributed by atoms with E-state index < -0.39 is 0 Å². The monoisotopic (exact) mass is 314 g/mol. The molecule has 1 N–H and O–H groups in total. The molecule has 3 rings (SSSR count). The average molecular weight is 314 g/mol. The van der Waals surface area contributed by atoms with Gasteiger partial charge in [-0.3, -0.25) is 4.79 Å². The van der Waals surface area contributed by atoms with Crippen molar-refractivity contribution in [3.05, 3.63) is 30.6 Å². The van der Waals surface area contributed by atoms with Crippen LogP contribution in [0, 0.1) is 0 Å². The number of likely N-dealkylation sites (tertiary alicyclic amines) is 1. The van der Waals surface area contributed by atoms with E-state index in [0.29, 0.717) is 13.0 Å². The van der Waals surface area contributed by atoms with Gasteiger partial charge >= 0.3 is 0 Å². The summed E-state index contributed by atoms with van der Waals surface area (Å²) in [6.45, 7) is 5.01. The van der Waals surface area contributed by atoms with E-state index >= 15 is 0 Å². The van der Waals surface area contributed by atoms with Crippen LogP contribution in [0.4, 0.5) is 0 Å². The van der Waals surface area contributed by atoms with Crippen molar-refractivity contribution in [2.45, 2.75) is 38.6 Å². The van der Waals surface area contributed by atoms with Gasteiger partial charge in [-0.15, -0.1) is 0 Å². The largest absolute Gasteiger partial charge is 0.356 e. The van der Waals surface area contributed by atoms with E-state index in [0.717, 1.165) is 30.5 Å². The number of carbonyl (C=O) groups excluding carboxylic acids is 1. The van der Waals surface area contributed by atoms with E-state index in [1.165, 1.54) is 32.4 Å².